The van der Waals surface area contributed by atoms with Crippen LogP contribution in [0.3, 0.4) is 0 Å². The molecule has 1 aromatic heterocycles. The molecule has 0 saturated carbocycles. The summed E-state index contributed by atoms with van der Waals surface area (Å²) in [4.78, 5) is 37.9. The maximum Gasteiger partial charge on any atom is 0.275 e. The number of likely N-dealkylation sites (tertiary alicyclic amines) is 1. The first kappa shape index (κ1) is 17.6. The van der Waals surface area contributed by atoms with Crippen molar-refractivity contribution in [2.45, 2.75) is 51.5 Å². The van der Waals surface area contributed by atoms with E-state index in [-0.39, 0.29) is 29.2 Å². The molecule has 1 fully saturated rings. The molecule has 1 unspecified atom stereocenters. The highest BCUT2D eigenvalue weighted by Crippen LogP contribution is 2.20. The lowest BCUT2D eigenvalue weighted by Crippen LogP contribution is -2.40. The van der Waals surface area contributed by atoms with Gasteiger partial charge in [-0.15, -0.1) is 0 Å². The predicted molar refractivity (Wildman–Crippen MR) is 95.3 cm³/mol. The molecule has 1 atom stereocenters. The Morgan fingerprint density at radius 3 is 2.44 bits per heavy atom. The third kappa shape index (κ3) is 3.89. The van der Waals surface area contributed by atoms with E-state index in [1.807, 2.05) is 6.08 Å². The largest absolute Gasteiger partial charge is 0.337 e. The molecule has 2 aliphatic heterocycles. The second kappa shape index (κ2) is 8.23. The number of rotatable bonds is 5. The summed E-state index contributed by atoms with van der Waals surface area (Å²) in [5.41, 5.74) is 0.374. The summed E-state index contributed by atoms with van der Waals surface area (Å²) in [5.74, 6) is -0.368. The van der Waals surface area contributed by atoms with Gasteiger partial charge in [-0.3, -0.25) is 9.59 Å². The van der Waals surface area contributed by atoms with Gasteiger partial charge in [0, 0.05) is 32.0 Å². The minimum Gasteiger partial charge on any atom is -0.337 e. The summed E-state index contributed by atoms with van der Waals surface area (Å²) in [5, 5.41) is 0. The number of piperidine rings is 1. The summed E-state index contributed by atoms with van der Waals surface area (Å²) in [6.45, 7) is 4.17. The topological polar surface area (TPSA) is 66.4 Å². The van der Waals surface area contributed by atoms with Gasteiger partial charge < -0.3 is 9.80 Å². The Bertz CT molecular complexity index is 653. The van der Waals surface area contributed by atoms with Crippen molar-refractivity contribution in [3.8, 4) is 0 Å². The standard InChI is InChI=1S/C19H26N4O2/c1-2-3-8-15-9-7-14-23(15)19(25)17-16(20-10-11-21-17)18(24)22-12-5-4-6-13-22/h7,9-11,15H,2-6,8,12-14H2,1H3. The second-order valence-corrected chi connectivity index (χ2v) is 6.70. The average Bonchev–Trinajstić information content (AvgIpc) is 3.14. The van der Waals surface area contributed by atoms with Crippen molar-refractivity contribution in [2.24, 2.45) is 0 Å². The first-order valence-corrected chi connectivity index (χ1v) is 9.30. The zero-order valence-electron chi connectivity index (χ0n) is 14.9. The zero-order chi connectivity index (χ0) is 17.6. The molecule has 0 radical (unpaired) electrons. The predicted octanol–water partition coefficient (Wildman–Crippen LogP) is 2.67. The lowest BCUT2D eigenvalue weighted by molar-refractivity contribution is 0.0683. The van der Waals surface area contributed by atoms with E-state index in [4.69, 9.17) is 0 Å². The van der Waals surface area contributed by atoms with E-state index < -0.39 is 0 Å². The average molecular weight is 342 g/mol. The van der Waals surface area contributed by atoms with Crippen LogP contribution in [0.2, 0.25) is 0 Å². The van der Waals surface area contributed by atoms with Crippen LogP contribution in [0.15, 0.2) is 24.5 Å². The summed E-state index contributed by atoms with van der Waals surface area (Å²) < 4.78 is 0. The van der Waals surface area contributed by atoms with Gasteiger partial charge in [0.15, 0.2) is 11.4 Å². The van der Waals surface area contributed by atoms with Crippen molar-refractivity contribution < 1.29 is 9.59 Å². The molecule has 3 heterocycles. The molecule has 0 aromatic carbocycles. The number of hydrogen-bond acceptors (Lipinski definition) is 4. The Kier molecular flexibility index (Phi) is 5.79. The molecule has 25 heavy (non-hydrogen) atoms. The van der Waals surface area contributed by atoms with E-state index in [1.54, 1.807) is 9.80 Å². The Hall–Kier alpha value is -2.24. The van der Waals surface area contributed by atoms with Crippen LogP contribution in [-0.2, 0) is 0 Å². The maximum absolute atomic E-state index is 13.0. The second-order valence-electron chi connectivity index (χ2n) is 6.70. The van der Waals surface area contributed by atoms with Crippen molar-refractivity contribution >= 4 is 11.8 Å². The number of unbranched alkanes of at least 4 members (excludes halogenated alkanes) is 1. The van der Waals surface area contributed by atoms with Crippen LogP contribution in [0.4, 0.5) is 0 Å². The summed E-state index contributed by atoms with van der Waals surface area (Å²) in [7, 11) is 0. The molecule has 0 aliphatic carbocycles. The van der Waals surface area contributed by atoms with Crippen molar-refractivity contribution in [1.82, 2.24) is 19.8 Å². The van der Waals surface area contributed by atoms with E-state index >= 15 is 0 Å². The van der Waals surface area contributed by atoms with Gasteiger partial charge in [0.05, 0.1) is 6.04 Å². The molecule has 6 nitrogen and oxygen atoms in total. The van der Waals surface area contributed by atoms with Crippen LogP contribution in [0.5, 0.6) is 0 Å². The number of nitrogens with zero attached hydrogens (tertiary/aromatic N) is 4. The normalized spacial score (nSPS) is 20.1. The van der Waals surface area contributed by atoms with Crippen molar-refractivity contribution in [1.29, 1.82) is 0 Å². The molecule has 6 heteroatoms. The first-order chi connectivity index (χ1) is 12.2. The molecule has 1 aromatic rings. The Balaban J connectivity index is 1.80. The van der Waals surface area contributed by atoms with E-state index in [2.05, 4.69) is 23.0 Å². The van der Waals surface area contributed by atoms with Crippen molar-refractivity contribution in [2.75, 3.05) is 19.6 Å². The molecule has 134 valence electrons. The number of amides is 2. The lowest BCUT2D eigenvalue weighted by atomic mass is 10.1. The number of hydrogen-bond donors (Lipinski definition) is 0. The van der Waals surface area contributed by atoms with Crippen molar-refractivity contribution in [3.05, 3.63) is 35.9 Å². The molecular weight excluding hydrogens is 316 g/mol. The van der Waals surface area contributed by atoms with Gasteiger partial charge in [0.25, 0.3) is 11.8 Å². The minimum atomic E-state index is -0.195. The van der Waals surface area contributed by atoms with Gasteiger partial charge in [-0.2, -0.15) is 0 Å². The smallest absolute Gasteiger partial charge is 0.275 e. The van der Waals surface area contributed by atoms with Gasteiger partial charge in [-0.1, -0.05) is 31.9 Å². The number of carbonyl (C=O) groups excluding carboxylic acids is 2. The summed E-state index contributed by atoms with van der Waals surface area (Å²) in [6, 6.07) is 0.0902. The van der Waals surface area contributed by atoms with Gasteiger partial charge in [-0.25, -0.2) is 9.97 Å². The van der Waals surface area contributed by atoms with Crippen LogP contribution >= 0.6 is 0 Å². The Morgan fingerprint density at radius 2 is 1.76 bits per heavy atom. The minimum absolute atomic E-state index is 0.0902. The maximum atomic E-state index is 13.0. The third-order valence-corrected chi connectivity index (χ3v) is 4.92. The molecule has 0 spiro atoms. The van der Waals surface area contributed by atoms with Gasteiger partial charge in [0.2, 0.25) is 0 Å². The SMILES string of the molecule is CCCCC1C=CCN1C(=O)c1nccnc1C(=O)N1CCCCC1. The fourth-order valence-electron chi connectivity index (χ4n) is 3.50. The lowest BCUT2D eigenvalue weighted by Gasteiger charge is -2.28. The van der Waals surface area contributed by atoms with E-state index in [9.17, 15) is 9.59 Å². The molecular formula is C19H26N4O2. The molecule has 0 N–H and O–H groups in total. The molecule has 2 aliphatic rings. The molecule has 1 saturated heterocycles. The van der Waals surface area contributed by atoms with Crippen LogP contribution in [0, 0.1) is 0 Å². The van der Waals surface area contributed by atoms with Crippen molar-refractivity contribution in [3.63, 3.8) is 0 Å². The van der Waals surface area contributed by atoms with Crippen LogP contribution in [0.25, 0.3) is 0 Å². The highest BCUT2D eigenvalue weighted by atomic mass is 16.2. The fourth-order valence-corrected chi connectivity index (χ4v) is 3.50. The van der Waals surface area contributed by atoms with E-state index in [0.717, 1.165) is 51.6 Å². The van der Waals surface area contributed by atoms with Gasteiger partial charge in [0.1, 0.15) is 0 Å². The highest BCUT2D eigenvalue weighted by Gasteiger charge is 2.31. The fraction of sp³-hybridized carbons (Fsp3) is 0.579. The highest BCUT2D eigenvalue weighted by molar-refractivity contribution is 6.04. The summed E-state index contributed by atoms with van der Waals surface area (Å²) in [6.07, 6.45) is 13.3. The number of carbonyl (C=O) groups is 2. The molecule has 3 rings (SSSR count). The first-order valence-electron chi connectivity index (χ1n) is 9.30. The Labute approximate surface area is 148 Å². The molecule has 2 amide bonds. The quantitative estimate of drug-likeness (QED) is 0.772. The molecule has 0 bridgehead atoms. The Morgan fingerprint density at radius 1 is 1.08 bits per heavy atom. The van der Waals surface area contributed by atoms with Crippen LogP contribution in [0.1, 0.15) is 66.4 Å². The van der Waals surface area contributed by atoms with Crippen LogP contribution in [-0.4, -0.2) is 57.3 Å². The van der Waals surface area contributed by atoms with E-state index in [1.165, 1.54) is 12.4 Å². The van der Waals surface area contributed by atoms with Gasteiger partial charge in [-0.05, 0) is 25.7 Å². The van der Waals surface area contributed by atoms with Crippen LogP contribution < -0.4 is 0 Å². The zero-order valence-corrected chi connectivity index (χ0v) is 14.9. The summed E-state index contributed by atoms with van der Waals surface area (Å²) >= 11 is 0. The van der Waals surface area contributed by atoms with Gasteiger partial charge >= 0.3 is 0 Å². The van der Waals surface area contributed by atoms with E-state index in [0.29, 0.717) is 6.54 Å². The third-order valence-electron chi connectivity index (χ3n) is 4.92. The number of aromatic nitrogens is 2. The monoisotopic (exact) mass is 342 g/mol.